The van der Waals surface area contributed by atoms with Crippen molar-refractivity contribution in [3.8, 4) is 0 Å². The van der Waals surface area contributed by atoms with Gasteiger partial charge in [-0.15, -0.1) is 0 Å². The fourth-order valence-corrected chi connectivity index (χ4v) is 8.54. The van der Waals surface area contributed by atoms with Gasteiger partial charge in [0.15, 0.2) is 0 Å². The predicted molar refractivity (Wildman–Crippen MR) is 258 cm³/mol. The standard InChI is InChI=1S/C45H98N7O12P/c1-2-3-4-5-6-7-8-9-10-11-12-13-14-15-16-45(60)52(31-41-59)34-44-64-65(61,62-42-32-50(29-39-57)25-23-48(27-37-55)21-17-46-19-35-53)63-43-33-51(30-40-58)26-24-49(28-38-56)22-18-47-20-36-54/h46-47,53-59H,2-44H2,1H3. The summed E-state index contributed by atoms with van der Waals surface area (Å²) in [6.45, 7) is 9.84. The predicted octanol–water partition coefficient (Wildman–Crippen LogP) is 1.18. The molecule has 0 aromatic heterocycles. The van der Waals surface area contributed by atoms with Gasteiger partial charge in [-0.3, -0.25) is 38.0 Å². The smallest absolute Gasteiger partial charge is 0.395 e. The third kappa shape index (κ3) is 39.6. The van der Waals surface area contributed by atoms with E-state index >= 15 is 0 Å². The molecular formula is C45H98N7O12P. The zero-order valence-electron chi connectivity index (χ0n) is 40.8. The number of carbonyl (C=O) groups excluding carboxylic acids is 1. The number of hydrogen-bond donors (Lipinski definition) is 9. The lowest BCUT2D eigenvalue weighted by atomic mass is 10.0. The summed E-state index contributed by atoms with van der Waals surface area (Å²) in [7, 11) is -4.19. The van der Waals surface area contributed by atoms with Crippen LogP contribution in [0.25, 0.3) is 0 Å². The molecule has 65 heavy (non-hydrogen) atoms. The van der Waals surface area contributed by atoms with Crippen LogP contribution in [0.1, 0.15) is 103 Å². The molecule has 0 saturated carbocycles. The highest BCUT2D eigenvalue weighted by Gasteiger charge is 2.28. The number of unbranched alkanes of at least 4 members (excludes halogenated alkanes) is 13. The van der Waals surface area contributed by atoms with E-state index in [1.54, 1.807) is 0 Å². The van der Waals surface area contributed by atoms with Crippen LogP contribution in [0, 0.1) is 0 Å². The number of phosphoric acid groups is 1. The van der Waals surface area contributed by atoms with Crippen molar-refractivity contribution >= 4 is 13.7 Å². The minimum atomic E-state index is -4.19. The molecular weight excluding hydrogens is 862 g/mol. The van der Waals surface area contributed by atoms with Crippen LogP contribution in [0.15, 0.2) is 0 Å². The fourth-order valence-electron chi connectivity index (χ4n) is 7.40. The van der Waals surface area contributed by atoms with E-state index in [0.717, 1.165) is 19.3 Å². The maximum atomic E-state index is 14.2. The normalized spacial score (nSPS) is 12.2. The Labute approximate surface area is 393 Å². The molecule has 1 amide bonds. The van der Waals surface area contributed by atoms with Crippen molar-refractivity contribution in [2.75, 3.05) is 184 Å². The molecule has 0 aliphatic rings. The van der Waals surface area contributed by atoms with E-state index < -0.39 is 7.82 Å². The molecule has 9 N–H and O–H groups in total. The second-order valence-corrected chi connectivity index (χ2v) is 18.3. The Morgan fingerprint density at radius 2 is 0.738 bits per heavy atom. The van der Waals surface area contributed by atoms with Crippen molar-refractivity contribution < 1.29 is 58.7 Å². The van der Waals surface area contributed by atoms with Crippen LogP contribution >= 0.6 is 7.82 Å². The summed E-state index contributed by atoms with van der Waals surface area (Å²) in [4.78, 5) is 22.8. The Bertz CT molecular complexity index is 1020. The van der Waals surface area contributed by atoms with Crippen molar-refractivity contribution in [2.24, 2.45) is 0 Å². The van der Waals surface area contributed by atoms with Gasteiger partial charge in [0.2, 0.25) is 5.91 Å². The highest BCUT2D eigenvalue weighted by Crippen LogP contribution is 2.49. The van der Waals surface area contributed by atoms with E-state index in [2.05, 4.69) is 27.4 Å². The number of aliphatic hydroxyl groups is 7. The first kappa shape index (κ1) is 64.1. The minimum absolute atomic E-state index is 0.0126. The summed E-state index contributed by atoms with van der Waals surface area (Å²) in [6.07, 6.45) is 17.5. The van der Waals surface area contributed by atoms with E-state index in [-0.39, 0.29) is 85.1 Å². The van der Waals surface area contributed by atoms with Crippen molar-refractivity contribution in [1.29, 1.82) is 0 Å². The molecule has 390 valence electrons. The Morgan fingerprint density at radius 3 is 1.09 bits per heavy atom. The number of hydrogen-bond acceptors (Lipinski definition) is 18. The van der Waals surface area contributed by atoms with Crippen molar-refractivity contribution in [2.45, 2.75) is 103 Å². The van der Waals surface area contributed by atoms with Gasteiger partial charge in [0.1, 0.15) is 0 Å². The monoisotopic (exact) mass is 960 g/mol. The highest BCUT2D eigenvalue weighted by atomic mass is 31.2. The van der Waals surface area contributed by atoms with E-state index in [1.807, 2.05) is 9.80 Å². The van der Waals surface area contributed by atoms with Crippen molar-refractivity contribution in [3.05, 3.63) is 0 Å². The van der Waals surface area contributed by atoms with Gasteiger partial charge in [-0.25, -0.2) is 4.57 Å². The molecule has 0 aromatic rings. The van der Waals surface area contributed by atoms with Crippen LogP contribution in [0.4, 0.5) is 0 Å². The fraction of sp³-hybridized carbons (Fsp3) is 0.978. The number of rotatable bonds is 53. The second-order valence-electron chi connectivity index (χ2n) is 16.6. The summed E-state index contributed by atoms with van der Waals surface area (Å²) >= 11 is 0. The topological polar surface area (TPSA) is 244 Å². The summed E-state index contributed by atoms with van der Waals surface area (Å²) < 4.78 is 31.8. The largest absolute Gasteiger partial charge is 0.474 e. The summed E-state index contributed by atoms with van der Waals surface area (Å²) in [5.74, 6) is -0.101. The number of amides is 1. The van der Waals surface area contributed by atoms with Crippen LogP contribution in [-0.4, -0.2) is 250 Å². The van der Waals surface area contributed by atoms with Gasteiger partial charge in [-0.1, -0.05) is 90.4 Å². The molecule has 0 rings (SSSR count). The molecule has 0 atom stereocenters. The van der Waals surface area contributed by atoms with Gasteiger partial charge in [-0.2, -0.15) is 0 Å². The SMILES string of the molecule is CCCCCCCCCCCCCCCCC(=O)N(CCO)CCOP(=O)(OCCN(CCO)CCN(CCO)CCNCCO)OCCN(CCO)CCN(CCO)CCNCCO. The van der Waals surface area contributed by atoms with Crippen LogP contribution in [0.2, 0.25) is 0 Å². The zero-order chi connectivity index (χ0) is 47.9. The number of nitrogens with one attached hydrogen (secondary N) is 2. The lowest BCUT2D eigenvalue weighted by Gasteiger charge is -2.28. The van der Waals surface area contributed by atoms with Crippen molar-refractivity contribution in [1.82, 2.24) is 35.1 Å². The zero-order valence-corrected chi connectivity index (χ0v) is 41.7. The first-order chi connectivity index (χ1) is 31.8. The van der Waals surface area contributed by atoms with Crippen LogP contribution in [0.3, 0.4) is 0 Å². The van der Waals surface area contributed by atoms with Gasteiger partial charge in [0.05, 0.1) is 66.1 Å². The Balaban J connectivity index is 5.39. The number of phosphoric ester groups is 1. The molecule has 0 radical (unpaired) electrons. The quantitative estimate of drug-likeness (QED) is 0.0307. The molecule has 19 nitrogen and oxygen atoms in total. The van der Waals surface area contributed by atoms with Gasteiger partial charge in [0, 0.05) is 124 Å². The maximum absolute atomic E-state index is 14.2. The van der Waals surface area contributed by atoms with Gasteiger partial charge >= 0.3 is 7.82 Å². The van der Waals surface area contributed by atoms with Crippen molar-refractivity contribution in [3.63, 3.8) is 0 Å². The molecule has 0 heterocycles. The average Bonchev–Trinajstić information content (AvgIpc) is 3.29. The third-order valence-electron chi connectivity index (χ3n) is 11.3. The lowest BCUT2D eigenvalue weighted by molar-refractivity contribution is -0.132. The number of nitrogens with zero attached hydrogens (tertiary/aromatic N) is 5. The van der Waals surface area contributed by atoms with E-state index in [4.69, 9.17) is 23.8 Å². The number of carbonyl (C=O) groups is 1. The summed E-state index contributed by atoms with van der Waals surface area (Å²) in [6, 6.07) is 0. The Hall–Kier alpha value is -0.940. The lowest BCUT2D eigenvalue weighted by Crippen LogP contribution is -2.42. The average molecular weight is 960 g/mol. The van der Waals surface area contributed by atoms with Gasteiger partial charge in [-0.05, 0) is 6.42 Å². The van der Waals surface area contributed by atoms with Gasteiger partial charge < -0.3 is 51.3 Å². The van der Waals surface area contributed by atoms with E-state index in [0.29, 0.717) is 111 Å². The first-order valence-corrected chi connectivity index (χ1v) is 26.6. The molecule has 20 heteroatoms. The summed E-state index contributed by atoms with van der Waals surface area (Å²) in [5, 5.41) is 72.9. The van der Waals surface area contributed by atoms with Gasteiger partial charge in [0.25, 0.3) is 0 Å². The molecule has 0 fully saturated rings. The maximum Gasteiger partial charge on any atom is 0.474 e. The number of aliphatic hydroxyl groups excluding tert-OH is 7. The molecule has 0 aliphatic heterocycles. The molecule has 0 aromatic carbocycles. The molecule has 0 spiro atoms. The Kier molecular flexibility index (Phi) is 47.4. The van der Waals surface area contributed by atoms with Crippen LogP contribution in [-0.2, 0) is 22.9 Å². The Morgan fingerprint density at radius 1 is 0.400 bits per heavy atom. The minimum Gasteiger partial charge on any atom is -0.395 e. The summed E-state index contributed by atoms with van der Waals surface area (Å²) in [5.41, 5.74) is 0. The highest BCUT2D eigenvalue weighted by molar-refractivity contribution is 7.48. The first-order valence-electron chi connectivity index (χ1n) is 25.1. The molecule has 0 aliphatic carbocycles. The molecule has 0 bridgehead atoms. The molecule has 0 saturated heterocycles. The van der Waals surface area contributed by atoms with E-state index in [1.165, 1.54) is 75.5 Å². The third-order valence-corrected chi connectivity index (χ3v) is 12.8. The van der Waals surface area contributed by atoms with E-state index in [9.17, 15) is 34.9 Å². The van der Waals surface area contributed by atoms with Crippen LogP contribution in [0.5, 0.6) is 0 Å². The second kappa shape index (κ2) is 48.1. The molecule has 0 unspecified atom stereocenters. The van der Waals surface area contributed by atoms with Crippen LogP contribution < -0.4 is 10.6 Å².